The number of amides is 1. The Morgan fingerprint density at radius 1 is 1.44 bits per heavy atom. The predicted octanol–water partition coefficient (Wildman–Crippen LogP) is 2.37. The van der Waals surface area contributed by atoms with Crippen LogP contribution in [0.4, 0.5) is 10.7 Å². The van der Waals surface area contributed by atoms with Gasteiger partial charge in [0.15, 0.2) is 0 Å². The number of thioether (sulfide) groups is 1. The minimum absolute atomic E-state index is 0.0725. The quantitative estimate of drug-likeness (QED) is 0.840. The van der Waals surface area contributed by atoms with Crippen LogP contribution in [0.2, 0.25) is 0 Å². The van der Waals surface area contributed by atoms with E-state index in [9.17, 15) is 4.79 Å². The van der Waals surface area contributed by atoms with Gasteiger partial charge >= 0.3 is 0 Å². The van der Waals surface area contributed by atoms with Crippen LogP contribution in [-0.4, -0.2) is 15.5 Å². The van der Waals surface area contributed by atoms with Crippen LogP contribution in [0.25, 0.3) is 0 Å². The van der Waals surface area contributed by atoms with Crippen molar-refractivity contribution in [3.63, 3.8) is 0 Å². The van der Waals surface area contributed by atoms with E-state index in [4.69, 9.17) is 5.73 Å². The smallest absolute Gasteiger partial charge is 0.221 e. The number of nitrogen functional groups attached to an aromatic ring is 1. The normalized spacial score (nSPS) is 10.3. The van der Waals surface area contributed by atoms with Crippen LogP contribution >= 0.6 is 23.3 Å². The Labute approximate surface area is 113 Å². The van der Waals surface area contributed by atoms with E-state index >= 15 is 0 Å². The standard InChI is InChI=1S/C11H12N4OS2/c1-7(16)13-8-2-4-9(5-3-8)17-6-10-11(12)18-15-14-10/h2-5H,6,12H2,1H3,(H,13,16). The van der Waals surface area contributed by atoms with Crippen LogP contribution in [0.15, 0.2) is 29.2 Å². The third kappa shape index (κ3) is 3.44. The molecule has 0 atom stereocenters. The lowest BCUT2D eigenvalue weighted by atomic mass is 10.3. The molecule has 0 saturated carbocycles. The van der Waals surface area contributed by atoms with Crippen molar-refractivity contribution in [2.75, 3.05) is 11.1 Å². The highest BCUT2D eigenvalue weighted by molar-refractivity contribution is 7.98. The molecule has 0 fully saturated rings. The molecule has 2 rings (SSSR count). The van der Waals surface area contributed by atoms with Gasteiger partial charge in [0, 0.05) is 34.8 Å². The van der Waals surface area contributed by atoms with Crippen molar-refractivity contribution in [3.05, 3.63) is 30.0 Å². The summed E-state index contributed by atoms with van der Waals surface area (Å²) in [6.07, 6.45) is 0. The molecule has 0 bridgehead atoms. The fourth-order valence-corrected chi connectivity index (χ4v) is 2.69. The lowest BCUT2D eigenvalue weighted by Crippen LogP contribution is -2.05. The maximum Gasteiger partial charge on any atom is 0.221 e. The van der Waals surface area contributed by atoms with Gasteiger partial charge in [0.2, 0.25) is 5.91 Å². The second kappa shape index (κ2) is 5.83. The molecule has 0 saturated heterocycles. The lowest BCUT2D eigenvalue weighted by Gasteiger charge is -2.03. The molecule has 3 N–H and O–H groups in total. The van der Waals surface area contributed by atoms with E-state index in [0.717, 1.165) is 16.3 Å². The zero-order valence-corrected chi connectivity index (χ0v) is 11.3. The molecule has 0 aliphatic carbocycles. The maximum atomic E-state index is 10.9. The Kier molecular flexibility index (Phi) is 4.16. The summed E-state index contributed by atoms with van der Waals surface area (Å²) in [5, 5.41) is 7.34. The van der Waals surface area contributed by atoms with Crippen molar-refractivity contribution in [1.82, 2.24) is 9.59 Å². The molecule has 5 nitrogen and oxygen atoms in total. The van der Waals surface area contributed by atoms with Crippen LogP contribution in [0.5, 0.6) is 0 Å². The van der Waals surface area contributed by atoms with Crippen molar-refractivity contribution in [3.8, 4) is 0 Å². The van der Waals surface area contributed by atoms with Gasteiger partial charge in [0.1, 0.15) is 10.7 Å². The molecule has 0 radical (unpaired) electrons. The van der Waals surface area contributed by atoms with Crippen LogP contribution in [0.3, 0.4) is 0 Å². The van der Waals surface area contributed by atoms with Crippen molar-refractivity contribution < 1.29 is 4.79 Å². The Hall–Kier alpha value is -1.60. The molecule has 2 aromatic rings. The minimum Gasteiger partial charge on any atom is -0.388 e. The fraction of sp³-hybridized carbons (Fsp3) is 0.182. The monoisotopic (exact) mass is 280 g/mol. The van der Waals surface area contributed by atoms with Crippen molar-refractivity contribution in [2.45, 2.75) is 17.6 Å². The molecule has 18 heavy (non-hydrogen) atoms. The van der Waals surface area contributed by atoms with E-state index in [2.05, 4.69) is 14.9 Å². The third-order valence-corrected chi connectivity index (χ3v) is 3.75. The first-order chi connectivity index (χ1) is 8.65. The van der Waals surface area contributed by atoms with Gasteiger partial charge in [-0.05, 0) is 24.3 Å². The summed E-state index contributed by atoms with van der Waals surface area (Å²) in [5.41, 5.74) is 7.33. The summed E-state index contributed by atoms with van der Waals surface area (Å²) in [5.74, 6) is 0.624. The molecule has 0 spiro atoms. The Morgan fingerprint density at radius 3 is 2.72 bits per heavy atom. The van der Waals surface area contributed by atoms with E-state index in [0.29, 0.717) is 10.8 Å². The summed E-state index contributed by atoms with van der Waals surface area (Å²) in [7, 11) is 0. The minimum atomic E-state index is -0.0725. The molecular formula is C11H12N4OS2. The fourth-order valence-electron chi connectivity index (χ4n) is 1.31. The van der Waals surface area contributed by atoms with E-state index < -0.39 is 0 Å². The zero-order valence-electron chi connectivity index (χ0n) is 9.71. The van der Waals surface area contributed by atoms with Gasteiger partial charge in [0.25, 0.3) is 0 Å². The average Bonchev–Trinajstić information content (AvgIpc) is 2.73. The number of nitrogens with zero attached hydrogens (tertiary/aromatic N) is 2. The van der Waals surface area contributed by atoms with Crippen molar-refractivity contribution >= 4 is 39.9 Å². The Morgan fingerprint density at radius 2 is 2.17 bits per heavy atom. The van der Waals surface area contributed by atoms with Gasteiger partial charge in [-0.1, -0.05) is 4.49 Å². The van der Waals surface area contributed by atoms with E-state index in [1.54, 1.807) is 11.8 Å². The van der Waals surface area contributed by atoms with Gasteiger partial charge in [-0.25, -0.2) is 0 Å². The van der Waals surface area contributed by atoms with Crippen molar-refractivity contribution in [2.24, 2.45) is 0 Å². The van der Waals surface area contributed by atoms with Gasteiger partial charge < -0.3 is 11.1 Å². The summed E-state index contributed by atoms with van der Waals surface area (Å²) >= 11 is 2.84. The molecule has 0 unspecified atom stereocenters. The second-order valence-electron chi connectivity index (χ2n) is 3.58. The number of anilines is 2. The SMILES string of the molecule is CC(=O)Nc1ccc(SCc2nnsc2N)cc1. The number of nitrogens with one attached hydrogen (secondary N) is 1. The van der Waals surface area contributed by atoms with Crippen LogP contribution in [0.1, 0.15) is 12.6 Å². The average molecular weight is 280 g/mol. The van der Waals surface area contributed by atoms with Crippen molar-refractivity contribution in [1.29, 1.82) is 0 Å². The number of nitrogens with two attached hydrogens (primary N) is 1. The third-order valence-electron chi connectivity index (χ3n) is 2.14. The molecule has 1 aromatic carbocycles. The lowest BCUT2D eigenvalue weighted by molar-refractivity contribution is -0.114. The van der Waals surface area contributed by atoms with Gasteiger partial charge in [-0.15, -0.1) is 16.9 Å². The molecule has 1 heterocycles. The first-order valence-electron chi connectivity index (χ1n) is 5.22. The number of hydrogen-bond donors (Lipinski definition) is 2. The molecule has 94 valence electrons. The topological polar surface area (TPSA) is 80.9 Å². The number of benzene rings is 1. The highest BCUT2D eigenvalue weighted by atomic mass is 32.2. The number of rotatable bonds is 4. The first-order valence-corrected chi connectivity index (χ1v) is 6.98. The molecule has 0 aliphatic rings. The van der Waals surface area contributed by atoms with Gasteiger partial charge in [0.05, 0.1) is 0 Å². The van der Waals surface area contributed by atoms with Crippen LogP contribution in [0, 0.1) is 0 Å². The van der Waals surface area contributed by atoms with E-state index in [1.807, 2.05) is 24.3 Å². The highest BCUT2D eigenvalue weighted by Crippen LogP contribution is 2.26. The molecular weight excluding hydrogens is 268 g/mol. The summed E-state index contributed by atoms with van der Waals surface area (Å²) < 4.78 is 3.79. The zero-order chi connectivity index (χ0) is 13.0. The molecule has 1 amide bonds. The Balaban J connectivity index is 1.94. The number of aromatic nitrogens is 2. The largest absolute Gasteiger partial charge is 0.388 e. The first kappa shape index (κ1) is 12.8. The molecule has 1 aromatic heterocycles. The number of hydrogen-bond acceptors (Lipinski definition) is 6. The summed E-state index contributed by atoms with van der Waals surface area (Å²) in [6, 6.07) is 7.64. The predicted molar refractivity (Wildman–Crippen MR) is 74.6 cm³/mol. The second-order valence-corrected chi connectivity index (χ2v) is 5.41. The highest BCUT2D eigenvalue weighted by Gasteiger charge is 2.05. The summed E-state index contributed by atoms with van der Waals surface area (Å²) in [4.78, 5) is 12.0. The van der Waals surface area contributed by atoms with Crippen LogP contribution < -0.4 is 11.1 Å². The van der Waals surface area contributed by atoms with Gasteiger partial charge in [-0.2, -0.15) is 0 Å². The summed E-state index contributed by atoms with van der Waals surface area (Å²) in [6.45, 7) is 1.49. The number of carbonyl (C=O) groups excluding carboxylic acids is 1. The van der Waals surface area contributed by atoms with Crippen LogP contribution in [-0.2, 0) is 10.5 Å². The molecule has 0 aliphatic heterocycles. The van der Waals surface area contributed by atoms with E-state index in [1.165, 1.54) is 18.5 Å². The maximum absolute atomic E-state index is 10.9. The molecule has 7 heteroatoms. The Bertz CT molecular complexity index is 538. The van der Waals surface area contributed by atoms with E-state index in [-0.39, 0.29) is 5.91 Å². The van der Waals surface area contributed by atoms with Gasteiger partial charge in [-0.3, -0.25) is 4.79 Å². The number of carbonyl (C=O) groups is 1.